The molecule has 0 unspecified atom stereocenters. The number of aliphatic hydroxyl groups is 1. The SMILES string of the molecule is N#CCn1cc(-c2ccccc2CO)cn1. The second-order valence-corrected chi connectivity index (χ2v) is 3.40. The van der Waals surface area contributed by atoms with Crippen molar-refractivity contribution in [3.8, 4) is 17.2 Å². The van der Waals surface area contributed by atoms with Gasteiger partial charge in [-0.3, -0.25) is 4.68 Å². The zero-order chi connectivity index (χ0) is 11.4. The Hall–Kier alpha value is -2.12. The fourth-order valence-electron chi connectivity index (χ4n) is 1.60. The number of benzene rings is 1. The number of aromatic nitrogens is 2. The second kappa shape index (κ2) is 4.60. The second-order valence-electron chi connectivity index (χ2n) is 3.40. The van der Waals surface area contributed by atoms with E-state index in [0.717, 1.165) is 16.7 Å². The first-order chi connectivity index (χ1) is 7.85. The lowest BCUT2D eigenvalue weighted by atomic mass is 10.0. The lowest BCUT2D eigenvalue weighted by molar-refractivity contribution is 0.282. The normalized spacial score (nSPS) is 10.0. The van der Waals surface area contributed by atoms with Crippen molar-refractivity contribution >= 4 is 0 Å². The highest BCUT2D eigenvalue weighted by Gasteiger charge is 2.05. The van der Waals surface area contributed by atoms with Crippen molar-refractivity contribution < 1.29 is 5.11 Å². The van der Waals surface area contributed by atoms with E-state index >= 15 is 0 Å². The molecule has 4 nitrogen and oxygen atoms in total. The van der Waals surface area contributed by atoms with Crippen molar-refractivity contribution in [3.05, 3.63) is 42.2 Å². The molecule has 2 rings (SSSR count). The Morgan fingerprint density at radius 3 is 2.94 bits per heavy atom. The number of nitriles is 1. The number of hydrogen-bond donors (Lipinski definition) is 1. The first kappa shape index (κ1) is 10.4. The molecule has 1 aromatic carbocycles. The Kier molecular flexibility index (Phi) is 2.99. The van der Waals surface area contributed by atoms with E-state index in [0.29, 0.717) is 0 Å². The number of hydrogen-bond acceptors (Lipinski definition) is 3. The van der Waals surface area contributed by atoms with Crippen molar-refractivity contribution in [2.75, 3.05) is 0 Å². The van der Waals surface area contributed by atoms with Crippen molar-refractivity contribution in [1.82, 2.24) is 9.78 Å². The van der Waals surface area contributed by atoms with Crippen LogP contribution in [0.2, 0.25) is 0 Å². The van der Waals surface area contributed by atoms with Crippen LogP contribution in [0.15, 0.2) is 36.7 Å². The number of aliphatic hydroxyl groups excluding tert-OH is 1. The molecule has 16 heavy (non-hydrogen) atoms. The summed E-state index contributed by atoms with van der Waals surface area (Å²) in [6.07, 6.45) is 3.50. The Labute approximate surface area is 93.4 Å². The molecule has 0 aliphatic carbocycles. The molecular formula is C12H11N3O. The van der Waals surface area contributed by atoms with E-state index in [-0.39, 0.29) is 13.2 Å². The molecule has 0 spiro atoms. The summed E-state index contributed by atoms with van der Waals surface area (Å²) in [6.45, 7) is 0.237. The molecule has 1 heterocycles. The van der Waals surface area contributed by atoms with Gasteiger partial charge < -0.3 is 5.11 Å². The van der Waals surface area contributed by atoms with E-state index in [4.69, 9.17) is 5.26 Å². The van der Waals surface area contributed by atoms with Crippen LogP contribution in [0.5, 0.6) is 0 Å². The zero-order valence-corrected chi connectivity index (χ0v) is 8.67. The minimum atomic E-state index is -0.000394. The summed E-state index contributed by atoms with van der Waals surface area (Å²) in [5.41, 5.74) is 2.73. The molecule has 4 heteroatoms. The van der Waals surface area contributed by atoms with Crippen LogP contribution in [-0.4, -0.2) is 14.9 Å². The molecule has 80 valence electrons. The summed E-state index contributed by atoms with van der Waals surface area (Å²) >= 11 is 0. The van der Waals surface area contributed by atoms with Gasteiger partial charge in [-0.1, -0.05) is 24.3 Å². The summed E-state index contributed by atoms with van der Waals surface area (Å²) in [4.78, 5) is 0. The summed E-state index contributed by atoms with van der Waals surface area (Å²) in [5, 5.41) is 21.8. The largest absolute Gasteiger partial charge is 0.392 e. The highest BCUT2D eigenvalue weighted by atomic mass is 16.3. The van der Waals surface area contributed by atoms with E-state index < -0.39 is 0 Å². The van der Waals surface area contributed by atoms with Gasteiger partial charge in [0.25, 0.3) is 0 Å². The summed E-state index contributed by atoms with van der Waals surface area (Å²) < 4.78 is 1.57. The average Bonchev–Trinajstić information content (AvgIpc) is 2.78. The lowest BCUT2D eigenvalue weighted by Gasteiger charge is -2.03. The predicted octanol–water partition coefficient (Wildman–Crippen LogP) is 1.57. The maximum Gasteiger partial charge on any atom is 0.128 e. The molecular weight excluding hydrogens is 202 g/mol. The lowest BCUT2D eigenvalue weighted by Crippen LogP contribution is -1.94. The fourth-order valence-corrected chi connectivity index (χ4v) is 1.60. The third-order valence-corrected chi connectivity index (χ3v) is 2.36. The van der Waals surface area contributed by atoms with E-state index in [9.17, 15) is 5.11 Å². The first-order valence-electron chi connectivity index (χ1n) is 4.93. The van der Waals surface area contributed by atoms with Crippen LogP contribution in [0.1, 0.15) is 5.56 Å². The maximum absolute atomic E-state index is 9.21. The molecule has 2 aromatic rings. The van der Waals surface area contributed by atoms with Gasteiger partial charge >= 0.3 is 0 Å². The minimum Gasteiger partial charge on any atom is -0.392 e. The van der Waals surface area contributed by atoms with Gasteiger partial charge in [-0.2, -0.15) is 10.4 Å². The molecule has 0 bridgehead atoms. The van der Waals surface area contributed by atoms with Gasteiger partial charge in [0.15, 0.2) is 0 Å². The first-order valence-corrected chi connectivity index (χ1v) is 4.93. The Balaban J connectivity index is 2.39. The van der Waals surface area contributed by atoms with Gasteiger partial charge in [-0.15, -0.1) is 0 Å². The zero-order valence-electron chi connectivity index (χ0n) is 8.67. The van der Waals surface area contributed by atoms with E-state index in [1.165, 1.54) is 0 Å². The third kappa shape index (κ3) is 1.95. The highest BCUT2D eigenvalue weighted by Crippen LogP contribution is 2.22. The molecule has 1 N–H and O–H groups in total. The molecule has 0 saturated heterocycles. The molecule has 0 aliphatic rings. The summed E-state index contributed by atoms with van der Waals surface area (Å²) in [7, 11) is 0. The van der Waals surface area contributed by atoms with Gasteiger partial charge in [-0.05, 0) is 11.1 Å². The Morgan fingerprint density at radius 1 is 1.38 bits per heavy atom. The van der Waals surface area contributed by atoms with Crippen LogP contribution < -0.4 is 0 Å². The van der Waals surface area contributed by atoms with Gasteiger partial charge in [0.2, 0.25) is 0 Å². The molecule has 0 amide bonds. The fraction of sp³-hybridized carbons (Fsp3) is 0.167. The van der Waals surface area contributed by atoms with Crippen molar-refractivity contribution in [2.45, 2.75) is 13.2 Å². The standard InChI is InChI=1S/C12H11N3O/c13-5-6-15-8-11(7-14-15)12-4-2-1-3-10(12)9-16/h1-4,7-8,16H,6,9H2. The molecule has 0 radical (unpaired) electrons. The van der Waals surface area contributed by atoms with E-state index in [2.05, 4.69) is 5.10 Å². The molecule has 0 saturated carbocycles. The molecule has 1 aromatic heterocycles. The van der Waals surface area contributed by atoms with Gasteiger partial charge in [-0.25, -0.2) is 0 Å². The van der Waals surface area contributed by atoms with Crippen LogP contribution in [0, 0.1) is 11.3 Å². The Morgan fingerprint density at radius 2 is 2.19 bits per heavy atom. The Bertz CT molecular complexity index is 525. The minimum absolute atomic E-state index is 0.000394. The van der Waals surface area contributed by atoms with Crippen LogP contribution in [0.3, 0.4) is 0 Å². The van der Waals surface area contributed by atoms with E-state index in [1.807, 2.05) is 30.3 Å². The van der Waals surface area contributed by atoms with Crippen molar-refractivity contribution in [1.29, 1.82) is 5.26 Å². The quantitative estimate of drug-likeness (QED) is 0.841. The third-order valence-electron chi connectivity index (χ3n) is 2.36. The highest BCUT2D eigenvalue weighted by molar-refractivity contribution is 5.65. The smallest absolute Gasteiger partial charge is 0.128 e. The average molecular weight is 213 g/mol. The predicted molar refractivity (Wildman–Crippen MR) is 59.2 cm³/mol. The van der Waals surface area contributed by atoms with Crippen LogP contribution >= 0.6 is 0 Å². The summed E-state index contributed by atoms with van der Waals surface area (Å²) in [6, 6.07) is 9.63. The van der Waals surface area contributed by atoms with E-state index in [1.54, 1.807) is 17.1 Å². The maximum atomic E-state index is 9.21. The van der Waals surface area contributed by atoms with Crippen LogP contribution in [0.4, 0.5) is 0 Å². The summed E-state index contributed by atoms with van der Waals surface area (Å²) in [5.74, 6) is 0. The van der Waals surface area contributed by atoms with Gasteiger partial charge in [0.1, 0.15) is 6.54 Å². The monoisotopic (exact) mass is 213 g/mol. The van der Waals surface area contributed by atoms with Gasteiger partial charge in [0, 0.05) is 11.8 Å². The van der Waals surface area contributed by atoms with Crippen LogP contribution in [0.25, 0.3) is 11.1 Å². The van der Waals surface area contributed by atoms with Gasteiger partial charge in [0.05, 0.1) is 18.9 Å². The molecule has 0 atom stereocenters. The molecule has 0 fully saturated rings. The number of rotatable bonds is 3. The van der Waals surface area contributed by atoms with Crippen molar-refractivity contribution in [3.63, 3.8) is 0 Å². The number of nitrogens with zero attached hydrogens (tertiary/aromatic N) is 3. The molecule has 0 aliphatic heterocycles. The van der Waals surface area contributed by atoms with Crippen molar-refractivity contribution in [2.24, 2.45) is 0 Å². The topological polar surface area (TPSA) is 61.8 Å². The van der Waals surface area contributed by atoms with Crippen LogP contribution in [-0.2, 0) is 13.2 Å².